The van der Waals surface area contributed by atoms with E-state index < -0.39 is 6.17 Å². The standard InChI is InChI=1S/C19H20F2N6O.C8H12N2/c20-13(9-27-10-15(11-28)25-26-27)5-6-14(22)7-12-8-18(24-19(12)23)16-3-1-2-4-17(16)21;1-7-3-4-8(5-9-2)6-10-7/h1-4,7-8,10-11,13,24H,5-6,9,22-23H2;3-4,6,9H,5H2,1-2H3/b14-7-;. The minimum Gasteiger partial charge on any atom is -0.402 e. The van der Waals surface area contributed by atoms with Crippen molar-refractivity contribution in [1.29, 1.82) is 0 Å². The predicted molar refractivity (Wildman–Crippen MR) is 144 cm³/mol. The number of aryl methyl sites for hydroxylation is 1. The zero-order valence-corrected chi connectivity index (χ0v) is 21.4. The number of hydrogen-bond acceptors (Lipinski definition) is 7. The lowest BCUT2D eigenvalue weighted by molar-refractivity contribution is 0.111. The fourth-order valence-corrected chi connectivity index (χ4v) is 3.58. The lowest BCUT2D eigenvalue weighted by Gasteiger charge is -2.08. The van der Waals surface area contributed by atoms with Crippen LogP contribution in [0.2, 0.25) is 0 Å². The van der Waals surface area contributed by atoms with E-state index in [4.69, 9.17) is 11.5 Å². The summed E-state index contributed by atoms with van der Waals surface area (Å²) in [5.74, 6) is -0.0135. The van der Waals surface area contributed by atoms with Gasteiger partial charge in [-0.2, -0.15) is 0 Å². The molecule has 0 saturated carbocycles. The largest absolute Gasteiger partial charge is 0.402 e. The van der Waals surface area contributed by atoms with Crippen LogP contribution in [0.3, 0.4) is 0 Å². The van der Waals surface area contributed by atoms with Gasteiger partial charge in [-0.25, -0.2) is 13.5 Å². The third kappa shape index (κ3) is 8.34. The van der Waals surface area contributed by atoms with Crippen molar-refractivity contribution in [2.24, 2.45) is 5.73 Å². The molecule has 0 fully saturated rings. The normalized spacial score (nSPS) is 12.1. The van der Waals surface area contributed by atoms with Crippen LogP contribution >= 0.6 is 0 Å². The van der Waals surface area contributed by atoms with Gasteiger partial charge in [-0.1, -0.05) is 23.4 Å². The second-order valence-corrected chi connectivity index (χ2v) is 8.71. The van der Waals surface area contributed by atoms with Gasteiger partial charge in [0.2, 0.25) is 0 Å². The number of nitrogens with two attached hydrogens (primary N) is 2. The fraction of sp³-hybridized carbons (Fsp3) is 0.259. The van der Waals surface area contributed by atoms with Crippen LogP contribution in [0.15, 0.2) is 60.6 Å². The molecule has 4 rings (SSSR count). The van der Waals surface area contributed by atoms with E-state index in [1.807, 2.05) is 26.2 Å². The highest BCUT2D eigenvalue weighted by Gasteiger charge is 2.12. The second kappa shape index (κ2) is 13.8. The zero-order valence-electron chi connectivity index (χ0n) is 21.4. The molecule has 1 unspecified atom stereocenters. The molecule has 0 spiro atoms. The Morgan fingerprint density at radius 2 is 2.05 bits per heavy atom. The van der Waals surface area contributed by atoms with Crippen LogP contribution in [0.1, 0.15) is 40.2 Å². The molecule has 0 radical (unpaired) electrons. The number of carbonyl (C=O) groups is 1. The van der Waals surface area contributed by atoms with Crippen LogP contribution in [0.4, 0.5) is 14.6 Å². The maximum Gasteiger partial charge on any atom is 0.171 e. The van der Waals surface area contributed by atoms with Gasteiger partial charge < -0.3 is 21.8 Å². The SMILES string of the molecule is CNCc1ccc(C)nc1.N/C(=C\c1cc(-c2ccccc2F)[nH]c1N)CCC(F)Cn1cc(C=O)nn1. The van der Waals surface area contributed by atoms with E-state index in [1.54, 1.807) is 30.3 Å². The van der Waals surface area contributed by atoms with E-state index in [9.17, 15) is 13.6 Å². The van der Waals surface area contributed by atoms with Gasteiger partial charge >= 0.3 is 0 Å². The summed E-state index contributed by atoms with van der Waals surface area (Å²) in [6.45, 7) is 2.87. The fourth-order valence-electron chi connectivity index (χ4n) is 3.58. The maximum atomic E-state index is 14.1. The molecule has 3 heterocycles. The topological polar surface area (TPSA) is 141 Å². The minimum absolute atomic E-state index is 0.0160. The number of benzene rings is 1. The minimum atomic E-state index is -1.20. The van der Waals surface area contributed by atoms with Gasteiger partial charge in [0.05, 0.1) is 18.4 Å². The molecular weight excluding hydrogens is 490 g/mol. The summed E-state index contributed by atoms with van der Waals surface area (Å²) in [6, 6.07) is 12.1. The number of nitrogen functional groups attached to an aromatic ring is 1. The molecule has 0 saturated heterocycles. The third-order valence-corrected chi connectivity index (χ3v) is 5.55. The van der Waals surface area contributed by atoms with Crippen LogP contribution in [0, 0.1) is 12.7 Å². The van der Waals surface area contributed by atoms with E-state index >= 15 is 0 Å². The van der Waals surface area contributed by atoms with Crippen molar-refractivity contribution in [2.45, 2.75) is 39.0 Å². The van der Waals surface area contributed by atoms with Crippen LogP contribution in [0.25, 0.3) is 17.3 Å². The van der Waals surface area contributed by atoms with E-state index in [0.717, 1.165) is 12.2 Å². The molecule has 0 aliphatic rings. The second-order valence-electron chi connectivity index (χ2n) is 8.71. The van der Waals surface area contributed by atoms with Gasteiger partial charge in [-0.3, -0.25) is 9.78 Å². The number of alkyl halides is 1. The van der Waals surface area contributed by atoms with Gasteiger partial charge in [0.25, 0.3) is 0 Å². The number of rotatable bonds is 10. The van der Waals surface area contributed by atoms with Crippen molar-refractivity contribution in [3.63, 3.8) is 0 Å². The first-order valence-corrected chi connectivity index (χ1v) is 12.0. The first-order chi connectivity index (χ1) is 18.3. The summed E-state index contributed by atoms with van der Waals surface area (Å²) in [5.41, 5.74) is 16.4. The summed E-state index contributed by atoms with van der Waals surface area (Å²) in [7, 11) is 1.93. The zero-order chi connectivity index (χ0) is 27.5. The highest BCUT2D eigenvalue weighted by Crippen LogP contribution is 2.27. The van der Waals surface area contributed by atoms with Crippen LogP contribution in [-0.2, 0) is 13.1 Å². The molecule has 9 nitrogen and oxygen atoms in total. The van der Waals surface area contributed by atoms with Crippen molar-refractivity contribution >= 4 is 18.2 Å². The third-order valence-electron chi connectivity index (χ3n) is 5.55. The van der Waals surface area contributed by atoms with Gasteiger partial charge in [-0.05, 0) is 62.7 Å². The molecule has 0 aliphatic heterocycles. The number of aromatic amines is 1. The summed E-state index contributed by atoms with van der Waals surface area (Å²) in [4.78, 5) is 17.7. The van der Waals surface area contributed by atoms with Crippen LogP contribution in [0.5, 0.6) is 0 Å². The smallest absolute Gasteiger partial charge is 0.171 e. The van der Waals surface area contributed by atoms with Crippen LogP contribution in [-0.4, -0.2) is 44.5 Å². The Balaban J connectivity index is 0.000000336. The van der Waals surface area contributed by atoms with Crippen molar-refractivity contribution in [3.8, 4) is 11.3 Å². The summed E-state index contributed by atoms with van der Waals surface area (Å²) in [6.07, 6.45) is 4.73. The Hall–Kier alpha value is -4.38. The number of nitrogens with one attached hydrogen (secondary N) is 2. The van der Waals surface area contributed by atoms with Crippen molar-refractivity contribution in [3.05, 3.63) is 88.9 Å². The molecule has 3 aromatic heterocycles. The molecule has 38 heavy (non-hydrogen) atoms. The summed E-state index contributed by atoms with van der Waals surface area (Å²) < 4.78 is 29.3. The highest BCUT2D eigenvalue weighted by atomic mass is 19.1. The lowest BCUT2D eigenvalue weighted by Crippen LogP contribution is -2.13. The summed E-state index contributed by atoms with van der Waals surface area (Å²) >= 11 is 0. The molecule has 0 amide bonds. The number of anilines is 1. The molecule has 11 heteroatoms. The van der Waals surface area contributed by atoms with Gasteiger partial charge in [0, 0.05) is 35.3 Å². The number of hydrogen-bond donors (Lipinski definition) is 4. The number of aldehydes is 1. The molecular formula is C27H32F2N8O. The number of nitrogens with zero attached hydrogens (tertiary/aromatic N) is 4. The van der Waals surface area contributed by atoms with Gasteiger partial charge in [-0.15, -0.1) is 5.10 Å². The summed E-state index contributed by atoms with van der Waals surface area (Å²) in [5, 5.41) is 10.3. The van der Waals surface area contributed by atoms with Gasteiger partial charge in [0.15, 0.2) is 6.29 Å². The Morgan fingerprint density at radius 1 is 1.26 bits per heavy atom. The van der Waals surface area contributed by atoms with E-state index in [2.05, 4.69) is 31.7 Å². The van der Waals surface area contributed by atoms with Crippen LogP contribution < -0.4 is 16.8 Å². The molecule has 0 bridgehead atoms. The van der Waals surface area contributed by atoms with E-state index in [0.29, 0.717) is 41.0 Å². The Morgan fingerprint density at radius 3 is 2.71 bits per heavy atom. The number of halogens is 2. The highest BCUT2D eigenvalue weighted by molar-refractivity contribution is 5.73. The van der Waals surface area contributed by atoms with Crippen molar-refractivity contribution in [1.82, 2.24) is 30.3 Å². The molecule has 200 valence electrons. The van der Waals surface area contributed by atoms with Crippen molar-refractivity contribution < 1.29 is 13.6 Å². The Bertz CT molecular complexity index is 1350. The number of aromatic nitrogens is 5. The Kier molecular flexibility index (Phi) is 10.2. The van der Waals surface area contributed by atoms with E-state index in [-0.39, 0.29) is 24.5 Å². The maximum absolute atomic E-state index is 14.1. The monoisotopic (exact) mass is 522 g/mol. The number of allylic oxidation sites excluding steroid dienone is 1. The average molecular weight is 523 g/mol. The molecule has 4 aromatic rings. The average Bonchev–Trinajstić information content (AvgIpc) is 3.51. The quantitative estimate of drug-likeness (QED) is 0.230. The first kappa shape index (κ1) is 28.2. The molecule has 1 aromatic carbocycles. The lowest BCUT2D eigenvalue weighted by atomic mass is 10.1. The molecule has 0 aliphatic carbocycles. The number of carbonyl (C=O) groups excluding carboxylic acids is 1. The van der Waals surface area contributed by atoms with Crippen molar-refractivity contribution in [2.75, 3.05) is 12.8 Å². The molecule has 6 N–H and O–H groups in total. The van der Waals surface area contributed by atoms with E-state index in [1.165, 1.54) is 22.5 Å². The molecule has 1 atom stereocenters. The predicted octanol–water partition coefficient (Wildman–Crippen LogP) is 4.03. The van der Waals surface area contributed by atoms with Gasteiger partial charge in [0.1, 0.15) is 23.5 Å². The Labute approximate surface area is 220 Å². The number of H-pyrrole nitrogens is 1. The number of pyridine rings is 1. The first-order valence-electron chi connectivity index (χ1n) is 12.0.